The van der Waals surface area contributed by atoms with Crippen molar-refractivity contribution in [3.05, 3.63) is 64.6 Å². The Morgan fingerprint density at radius 1 is 1.18 bits per heavy atom. The zero-order valence-electron chi connectivity index (χ0n) is 18.7. The number of nitrogens with zero attached hydrogens (tertiary/aromatic N) is 2. The van der Waals surface area contributed by atoms with E-state index < -0.39 is 5.82 Å². The van der Waals surface area contributed by atoms with Gasteiger partial charge in [-0.15, -0.1) is 0 Å². The molecule has 3 heterocycles. The van der Waals surface area contributed by atoms with E-state index in [1.165, 1.54) is 12.1 Å². The van der Waals surface area contributed by atoms with Gasteiger partial charge in [0.25, 0.3) is 5.91 Å². The van der Waals surface area contributed by atoms with E-state index in [1.54, 1.807) is 24.4 Å². The molecule has 0 unspecified atom stereocenters. The summed E-state index contributed by atoms with van der Waals surface area (Å²) in [6, 6.07) is 9.96. The van der Waals surface area contributed by atoms with Gasteiger partial charge in [0.15, 0.2) is 0 Å². The maximum absolute atomic E-state index is 14.2. The molecule has 0 aliphatic carbocycles. The van der Waals surface area contributed by atoms with Gasteiger partial charge in [-0.1, -0.05) is 23.7 Å². The summed E-state index contributed by atoms with van der Waals surface area (Å²) in [6.07, 6.45) is 5.47. The maximum Gasteiger partial charge on any atom is 0.251 e. The molecular weight excluding hydrogens is 457 g/mol. The van der Waals surface area contributed by atoms with Crippen LogP contribution in [0.5, 0.6) is 0 Å². The van der Waals surface area contributed by atoms with Crippen molar-refractivity contribution >= 4 is 34.4 Å². The number of hydrogen-bond donors (Lipinski definition) is 3. The number of carbonyl (C=O) groups is 1. The third kappa shape index (κ3) is 5.14. The van der Waals surface area contributed by atoms with Crippen LogP contribution in [-0.2, 0) is 4.74 Å². The van der Waals surface area contributed by atoms with Crippen LogP contribution in [-0.4, -0.2) is 47.7 Å². The van der Waals surface area contributed by atoms with Crippen molar-refractivity contribution in [3.8, 4) is 0 Å². The van der Waals surface area contributed by atoms with E-state index in [-0.39, 0.29) is 29.1 Å². The lowest BCUT2D eigenvalue weighted by atomic mass is 9.97. The van der Waals surface area contributed by atoms with E-state index in [9.17, 15) is 9.18 Å². The van der Waals surface area contributed by atoms with Crippen molar-refractivity contribution in [1.82, 2.24) is 20.6 Å². The Bertz CT molecular complexity index is 1180. The van der Waals surface area contributed by atoms with Crippen LogP contribution in [0.25, 0.3) is 10.9 Å². The molecular formula is C25H27ClFN5O2. The number of ether oxygens (including phenoxy) is 1. The first-order valence-corrected chi connectivity index (χ1v) is 12.0. The molecule has 2 fully saturated rings. The van der Waals surface area contributed by atoms with Crippen LogP contribution < -0.4 is 16.0 Å². The average Bonchev–Trinajstić information content (AvgIpc) is 3.39. The highest BCUT2D eigenvalue weighted by molar-refractivity contribution is 6.30. The number of halogens is 2. The van der Waals surface area contributed by atoms with E-state index in [2.05, 4.69) is 25.9 Å². The van der Waals surface area contributed by atoms with Crippen LogP contribution in [0.4, 0.5) is 10.3 Å². The van der Waals surface area contributed by atoms with E-state index >= 15 is 0 Å². The molecule has 7 nitrogen and oxygen atoms in total. The Kier molecular flexibility index (Phi) is 6.89. The summed E-state index contributed by atoms with van der Waals surface area (Å²) in [5.41, 5.74) is 1.85. The number of rotatable bonds is 6. The van der Waals surface area contributed by atoms with Crippen LogP contribution in [0.2, 0.25) is 5.02 Å². The molecule has 9 heteroatoms. The average molecular weight is 484 g/mol. The highest BCUT2D eigenvalue weighted by Gasteiger charge is 2.28. The summed E-state index contributed by atoms with van der Waals surface area (Å²) in [5.74, 6) is -0.196. The molecule has 2 aliphatic rings. The number of aromatic nitrogens is 2. The van der Waals surface area contributed by atoms with Gasteiger partial charge in [0.1, 0.15) is 5.82 Å². The van der Waals surface area contributed by atoms with Crippen molar-refractivity contribution < 1.29 is 13.9 Å². The van der Waals surface area contributed by atoms with Gasteiger partial charge in [-0.25, -0.2) is 14.4 Å². The minimum absolute atomic E-state index is 0.0163. The van der Waals surface area contributed by atoms with Crippen LogP contribution in [0.15, 0.2) is 42.6 Å². The highest BCUT2D eigenvalue weighted by atomic mass is 35.5. The van der Waals surface area contributed by atoms with E-state index in [4.69, 9.17) is 16.3 Å². The fourth-order valence-electron chi connectivity index (χ4n) is 4.60. The molecule has 0 bridgehead atoms. The monoisotopic (exact) mass is 483 g/mol. The Morgan fingerprint density at radius 2 is 2.03 bits per heavy atom. The molecule has 3 aromatic rings. The van der Waals surface area contributed by atoms with Gasteiger partial charge in [-0.3, -0.25) is 4.79 Å². The third-order valence-corrected chi connectivity index (χ3v) is 6.80. The molecule has 2 atom stereocenters. The zero-order valence-corrected chi connectivity index (χ0v) is 19.4. The van der Waals surface area contributed by atoms with Crippen LogP contribution >= 0.6 is 11.6 Å². The van der Waals surface area contributed by atoms with Crippen LogP contribution in [0.3, 0.4) is 0 Å². The van der Waals surface area contributed by atoms with E-state index in [0.29, 0.717) is 22.6 Å². The molecule has 0 saturated carbocycles. The predicted molar refractivity (Wildman–Crippen MR) is 130 cm³/mol. The lowest BCUT2D eigenvalue weighted by Gasteiger charge is -2.26. The summed E-state index contributed by atoms with van der Waals surface area (Å²) in [7, 11) is 0. The maximum atomic E-state index is 14.2. The van der Waals surface area contributed by atoms with Gasteiger partial charge in [-0.2, -0.15) is 0 Å². The quantitative estimate of drug-likeness (QED) is 0.486. The summed E-state index contributed by atoms with van der Waals surface area (Å²) in [6.45, 7) is 2.32. The van der Waals surface area contributed by atoms with E-state index in [1.807, 2.05) is 6.07 Å². The van der Waals surface area contributed by atoms with Crippen molar-refractivity contribution in [2.24, 2.45) is 0 Å². The molecule has 2 aromatic carbocycles. The molecule has 0 spiro atoms. The number of fused-ring (bicyclic) bond motifs is 1. The Labute approximate surface area is 202 Å². The fraction of sp³-hybridized carbons (Fsp3) is 0.400. The molecule has 5 rings (SSSR count). The minimum Gasteiger partial charge on any atom is -0.381 e. The van der Waals surface area contributed by atoms with Gasteiger partial charge in [0, 0.05) is 42.4 Å². The molecule has 34 heavy (non-hydrogen) atoms. The molecule has 1 amide bonds. The third-order valence-electron chi connectivity index (χ3n) is 6.49. The summed E-state index contributed by atoms with van der Waals surface area (Å²) in [4.78, 5) is 22.3. The van der Waals surface area contributed by atoms with Gasteiger partial charge in [-0.05, 0) is 62.1 Å². The minimum atomic E-state index is -0.497. The van der Waals surface area contributed by atoms with Crippen molar-refractivity contribution in [2.75, 3.05) is 25.1 Å². The van der Waals surface area contributed by atoms with Crippen LogP contribution in [0, 0.1) is 5.82 Å². The number of hydrogen-bond acceptors (Lipinski definition) is 6. The standard InChI is InChI=1S/C25H27ClFN5O2/c26-19-6-5-15(12-20(19)27)23(21-2-1-9-28-21)32-24(33)16-3-4-17-14-29-25(31-22(17)13-16)30-18-7-10-34-11-8-18/h3-6,12-14,18,21,23,28H,1-2,7-11H2,(H,32,33)(H,29,30,31)/t21-,23+/m0/s1. The first-order valence-electron chi connectivity index (χ1n) is 11.7. The second-order valence-electron chi connectivity index (χ2n) is 8.83. The van der Waals surface area contributed by atoms with Crippen molar-refractivity contribution in [3.63, 3.8) is 0 Å². The topological polar surface area (TPSA) is 88.2 Å². The molecule has 178 valence electrons. The lowest BCUT2D eigenvalue weighted by Crippen LogP contribution is -2.41. The smallest absolute Gasteiger partial charge is 0.251 e. The van der Waals surface area contributed by atoms with Gasteiger partial charge >= 0.3 is 0 Å². The molecule has 0 radical (unpaired) electrons. The summed E-state index contributed by atoms with van der Waals surface area (Å²) >= 11 is 5.87. The number of anilines is 1. The lowest BCUT2D eigenvalue weighted by molar-refractivity contribution is 0.0902. The van der Waals surface area contributed by atoms with Gasteiger partial charge in [0.2, 0.25) is 5.95 Å². The van der Waals surface area contributed by atoms with E-state index in [0.717, 1.165) is 50.8 Å². The largest absolute Gasteiger partial charge is 0.381 e. The number of carbonyl (C=O) groups excluding carboxylic acids is 1. The first-order chi connectivity index (χ1) is 16.6. The molecule has 2 aliphatic heterocycles. The fourth-order valence-corrected chi connectivity index (χ4v) is 4.72. The molecule has 1 aromatic heterocycles. The Hall–Kier alpha value is -2.81. The van der Waals surface area contributed by atoms with Crippen molar-refractivity contribution in [2.45, 2.75) is 43.8 Å². The molecule has 3 N–H and O–H groups in total. The van der Waals surface area contributed by atoms with Crippen molar-refractivity contribution in [1.29, 1.82) is 0 Å². The Morgan fingerprint density at radius 3 is 2.79 bits per heavy atom. The number of nitrogens with one attached hydrogen (secondary N) is 3. The SMILES string of the molecule is O=C(N[C@H](c1ccc(Cl)c(F)c1)[C@@H]1CCCN1)c1ccc2cnc(NC3CCOCC3)nc2c1. The van der Waals surface area contributed by atoms with Gasteiger partial charge < -0.3 is 20.7 Å². The summed E-state index contributed by atoms with van der Waals surface area (Å²) < 4.78 is 19.6. The summed E-state index contributed by atoms with van der Waals surface area (Å²) in [5, 5.41) is 10.8. The molecule has 2 saturated heterocycles. The number of benzene rings is 2. The zero-order chi connectivity index (χ0) is 23.5. The predicted octanol–water partition coefficient (Wildman–Crippen LogP) is 4.24. The second kappa shape index (κ2) is 10.2. The second-order valence-corrected chi connectivity index (χ2v) is 9.23. The number of amides is 1. The van der Waals surface area contributed by atoms with Gasteiger partial charge in [0.05, 0.1) is 16.6 Å². The first kappa shape index (κ1) is 23.0. The normalized spacial score (nSPS) is 19.8. The van der Waals surface area contributed by atoms with Crippen LogP contribution in [0.1, 0.15) is 47.6 Å². The highest BCUT2D eigenvalue weighted by Crippen LogP contribution is 2.27. The Balaban J connectivity index is 1.37.